The number of ether oxygens (including phenoxy) is 1. The van der Waals surface area contributed by atoms with Gasteiger partial charge in [-0.1, -0.05) is 0 Å². The van der Waals surface area contributed by atoms with E-state index in [1.54, 1.807) is 25.2 Å². The topological polar surface area (TPSA) is 105 Å². The molecular formula is C18H24FN5O3S. The van der Waals surface area contributed by atoms with E-state index in [0.717, 1.165) is 0 Å². The molecule has 0 saturated carbocycles. The smallest absolute Gasteiger partial charge is 0.242 e. The molecule has 2 aromatic rings. The molecule has 0 spiro atoms. The van der Waals surface area contributed by atoms with Gasteiger partial charge in [0.25, 0.3) is 0 Å². The minimum Gasteiger partial charge on any atom is -0.489 e. The molecule has 0 bridgehead atoms. The fourth-order valence-corrected chi connectivity index (χ4v) is 3.20. The van der Waals surface area contributed by atoms with Crippen LogP contribution in [0.3, 0.4) is 0 Å². The van der Waals surface area contributed by atoms with Crippen molar-refractivity contribution >= 4 is 16.0 Å². The van der Waals surface area contributed by atoms with Crippen LogP contribution in [-0.4, -0.2) is 52.1 Å². The molecule has 1 aromatic heterocycles. The lowest BCUT2D eigenvalue weighted by molar-refractivity contribution is 0.223. The van der Waals surface area contributed by atoms with Crippen molar-refractivity contribution in [1.29, 1.82) is 0 Å². The van der Waals surface area contributed by atoms with Crippen LogP contribution in [0.25, 0.3) is 0 Å². The zero-order valence-corrected chi connectivity index (χ0v) is 16.5. The number of hydrogen-bond donors (Lipinski definition) is 3. The largest absolute Gasteiger partial charge is 0.489 e. The zero-order valence-electron chi connectivity index (χ0n) is 15.7. The van der Waals surface area contributed by atoms with Gasteiger partial charge in [-0.25, -0.2) is 17.5 Å². The van der Waals surface area contributed by atoms with Gasteiger partial charge in [-0.05, 0) is 43.3 Å². The average molecular weight is 409 g/mol. The number of nitrogens with zero attached hydrogens (tertiary/aromatic N) is 2. The summed E-state index contributed by atoms with van der Waals surface area (Å²) in [6, 6.07) is 8.84. The summed E-state index contributed by atoms with van der Waals surface area (Å²) in [5.41, 5.74) is 0. The normalized spacial score (nSPS) is 13.0. The number of nitrogens with one attached hydrogen (secondary N) is 3. The number of aromatic nitrogens is 1. The Balaban J connectivity index is 1.70. The van der Waals surface area contributed by atoms with E-state index in [1.807, 2.05) is 6.92 Å². The monoisotopic (exact) mass is 409 g/mol. The lowest BCUT2D eigenvalue weighted by atomic mass is 10.3. The molecule has 1 unspecified atom stereocenters. The van der Waals surface area contributed by atoms with Gasteiger partial charge in [0, 0.05) is 32.5 Å². The maximum Gasteiger partial charge on any atom is 0.242 e. The van der Waals surface area contributed by atoms with Crippen LogP contribution in [0.5, 0.6) is 5.75 Å². The van der Waals surface area contributed by atoms with Crippen LogP contribution in [0.15, 0.2) is 58.7 Å². The van der Waals surface area contributed by atoms with E-state index in [-0.39, 0.29) is 23.4 Å². The molecule has 152 valence electrons. The molecule has 3 N–H and O–H groups in total. The molecule has 10 heteroatoms. The fraction of sp³-hybridized carbons (Fsp3) is 0.333. The summed E-state index contributed by atoms with van der Waals surface area (Å²) in [4.78, 5) is 7.99. The van der Waals surface area contributed by atoms with Crippen molar-refractivity contribution in [3.63, 3.8) is 0 Å². The van der Waals surface area contributed by atoms with Gasteiger partial charge < -0.3 is 15.4 Å². The van der Waals surface area contributed by atoms with Crippen LogP contribution in [0.1, 0.15) is 6.92 Å². The van der Waals surface area contributed by atoms with E-state index in [4.69, 9.17) is 4.74 Å². The molecule has 2 rings (SSSR count). The third-order valence-electron chi connectivity index (χ3n) is 3.59. The molecule has 28 heavy (non-hydrogen) atoms. The van der Waals surface area contributed by atoms with Gasteiger partial charge in [-0.15, -0.1) is 0 Å². The predicted octanol–water partition coefficient (Wildman–Crippen LogP) is 1.13. The second kappa shape index (κ2) is 10.6. The zero-order chi connectivity index (χ0) is 20.4. The Kier molecular flexibility index (Phi) is 8.15. The predicted molar refractivity (Wildman–Crippen MR) is 105 cm³/mol. The first-order valence-corrected chi connectivity index (χ1v) is 10.2. The fourth-order valence-electron chi connectivity index (χ4n) is 2.20. The van der Waals surface area contributed by atoms with E-state index in [2.05, 4.69) is 25.3 Å². The summed E-state index contributed by atoms with van der Waals surface area (Å²) in [6.45, 7) is 2.84. The highest BCUT2D eigenvalue weighted by molar-refractivity contribution is 7.89. The van der Waals surface area contributed by atoms with Crippen molar-refractivity contribution < 1.29 is 17.5 Å². The van der Waals surface area contributed by atoms with Crippen molar-refractivity contribution in [2.45, 2.75) is 17.9 Å². The maximum atomic E-state index is 12.9. The molecule has 1 aromatic carbocycles. The summed E-state index contributed by atoms with van der Waals surface area (Å²) in [5, 5.41) is 6.09. The Morgan fingerprint density at radius 1 is 1.21 bits per heavy atom. The third kappa shape index (κ3) is 7.12. The van der Waals surface area contributed by atoms with E-state index in [9.17, 15) is 12.8 Å². The molecule has 0 aliphatic rings. The Bertz CT molecular complexity index is 861. The van der Waals surface area contributed by atoms with Crippen molar-refractivity contribution in [2.75, 3.05) is 26.7 Å². The SMILES string of the molecule is CN=C(NCCNS(=O)(=O)c1cccnc1)NCC(C)Oc1ccc(F)cc1. The molecule has 0 aliphatic heterocycles. The van der Waals surface area contributed by atoms with Crippen LogP contribution in [0.2, 0.25) is 0 Å². The molecule has 0 aliphatic carbocycles. The van der Waals surface area contributed by atoms with E-state index >= 15 is 0 Å². The van der Waals surface area contributed by atoms with Crippen molar-refractivity contribution in [2.24, 2.45) is 4.99 Å². The van der Waals surface area contributed by atoms with Crippen molar-refractivity contribution in [3.05, 3.63) is 54.6 Å². The summed E-state index contributed by atoms with van der Waals surface area (Å²) in [6.07, 6.45) is 2.61. The minimum atomic E-state index is -3.59. The van der Waals surface area contributed by atoms with Crippen LogP contribution in [0.4, 0.5) is 4.39 Å². The highest BCUT2D eigenvalue weighted by Gasteiger charge is 2.13. The highest BCUT2D eigenvalue weighted by Crippen LogP contribution is 2.12. The lowest BCUT2D eigenvalue weighted by Gasteiger charge is -2.18. The molecule has 0 radical (unpaired) electrons. The molecule has 0 fully saturated rings. The van der Waals surface area contributed by atoms with E-state index in [1.165, 1.54) is 30.6 Å². The number of pyridine rings is 1. The number of benzene rings is 1. The average Bonchev–Trinajstić information content (AvgIpc) is 2.70. The summed E-state index contributed by atoms with van der Waals surface area (Å²) in [7, 11) is -1.98. The summed E-state index contributed by atoms with van der Waals surface area (Å²) >= 11 is 0. The second-order valence-electron chi connectivity index (χ2n) is 5.85. The van der Waals surface area contributed by atoms with Gasteiger partial charge in [-0.2, -0.15) is 0 Å². The van der Waals surface area contributed by atoms with Gasteiger partial charge in [0.1, 0.15) is 22.6 Å². The van der Waals surface area contributed by atoms with E-state index < -0.39 is 10.0 Å². The number of guanidine groups is 1. The first-order chi connectivity index (χ1) is 13.4. The Morgan fingerprint density at radius 3 is 2.61 bits per heavy atom. The Hall–Kier alpha value is -2.72. The van der Waals surface area contributed by atoms with Crippen LogP contribution in [0, 0.1) is 5.82 Å². The van der Waals surface area contributed by atoms with E-state index in [0.29, 0.717) is 24.8 Å². The standard InChI is InChI=1S/C18H24FN5O3S/c1-14(27-16-7-5-15(19)6-8-16)12-23-18(20-2)22-10-11-24-28(25,26)17-4-3-9-21-13-17/h3-9,13-14,24H,10-12H2,1-2H3,(H2,20,22,23). The first-order valence-electron chi connectivity index (χ1n) is 8.67. The van der Waals surface area contributed by atoms with Gasteiger partial charge in [0.2, 0.25) is 10.0 Å². The maximum absolute atomic E-state index is 12.9. The second-order valence-corrected chi connectivity index (χ2v) is 7.62. The summed E-state index contributed by atoms with van der Waals surface area (Å²) in [5.74, 6) is 0.764. The third-order valence-corrected chi connectivity index (χ3v) is 5.03. The van der Waals surface area contributed by atoms with Crippen LogP contribution in [-0.2, 0) is 10.0 Å². The van der Waals surface area contributed by atoms with Crippen LogP contribution < -0.4 is 20.1 Å². The number of aliphatic imine (C=N–C) groups is 1. The van der Waals surface area contributed by atoms with Crippen molar-refractivity contribution in [3.8, 4) is 5.75 Å². The van der Waals surface area contributed by atoms with Gasteiger partial charge in [0.15, 0.2) is 5.96 Å². The number of halogens is 1. The van der Waals surface area contributed by atoms with Crippen LogP contribution >= 0.6 is 0 Å². The molecular weight excluding hydrogens is 385 g/mol. The Morgan fingerprint density at radius 2 is 1.96 bits per heavy atom. The lowest BCUT2D eigenvalue weighted by Crippen LogP contribution is -2.44. The molecule has 0 saturated heterocycles. The molecule has 0 amide bonds. The molecule has 1 heterocycles. The van der Waals surface area contributed by atoms with Gasteiger partial charge >= 0.3 is 0 Å². The highest BCUT2D eigenvalue weighted by atomic mass is 32.2. The first kappa shape index (κ1) is 21.6. The number of rotatable bonds is 9. The Labute approximate surface area is 164 Å². The van der Waals surface area contributed by atoms with Crippen molar-refractivity contribution in [1.82, 2.24) is 20.3 Å². The molecule has 8 nitrogen and oxygen atoms in total. The van der Waals surface area contributed by atoms with Gasteiger partial charge in [-0.3, -0.25) is 9.98 Å². The minimum absolute atomic E-state index is 0.115. The number of sulfonamides is 1. The number of hydrogen-bond acceptors (Lipinski definition) is 5. The molecule has 1 atom stereocenters. The summed E-state index contributed by atoms with van der Waals surface area (Å²) < 4.78 is 45.2. The van der Waals surface area contributed by atoms with Gasteiger partial charge in [0.05, 0.1) is 6.54 Å². The quantitative estimate of drug-likeness (QED) is 0.326.